The molecule has 126 valence electrons. The lowest BCUT2D eigenvalue weighted by atomic mass is 10.2. The van der Waals surface area contributed by atoms with Crippen LogP contribution in [0, 0.1) is 0 Å². The summed E-state index contributed by atoms with van der Waals surface area (Å²) in [5.74, 6) is 0.845. The second-order valence-electron chi connectivity index (χ2n) is 5.25. The molecule has 0 aliphatic carbocycles. The van der Waals surface area contributed by atoms with E-state index >= 15 is 0 Å². The Hall–Kier alpha value is -2.34. The van der Waals surface area contributed by atoms with Crippen LogP contribution in [0.3, 0.4) is 0 Å². The summed E-state index contributed by atoms with van der Waals surface area (Å²) in [5.41, 5.74) is 3.70. The van der Waals surface area contributed by atoms with Crippen molar-refractivity contribution in [3.8, 4) is 11.5 Å². The summed E-state index contributed by atoms with van der Waals surface area (Å²) in [5, 5.41) is 4.00. The van der Waals surface area contributed by atoms with E-state index < -0.39 is 0 Å². The lowest BCUT2D eigenvalue weighted by molar-refractivity contribution is 0.0949. The van der Waals surface area contributed by atoms with Gasteiger partial charge in [-0.05, 0) is 44.2 Å². The molecule has 0 fully saturated rings. The third-order valence-electron chi connectivity index (χ3n) is 3.06. The number of ether oxygens (including phenoxy) is 2. The Bertz CT molecular complexity index is 745. The first-order valence-corrected chi connectivity index (χ1v) is 8.23. The average Bonchev–Trinajstić information content (AvgIpc) is 2.56. The van der Waals surface area contributed by atoms with Gasteiger partial charge < -0.3 is 9.47 Å². The molecule has 1 N–H and O–H groups in total. The van der Waals surface area contributed by atoms with Crippen molar-refractivity contribution in [2.75, 3.05) is 7.11 Å². The molecule has 0 bridgehead atoms. The van der Waals surface area contributed by atoms with Gasteiger partial charge in [-0.2, -0.15) is 5.10 Å². The molecule has 5 nitrogen and oxygen atoms in total. The number of hydrogen-bond acceptors (Lipinski definition) is 4. The highest BCUT2D eigenvalue weighted by molar-refractivity contribution is 9.10. The van der Waals surface area contributed by atoms with E-state index in [1.54, 1.807) is 19.2 Å². The van der Waals surface area contributed by atoms with Crippen LogP contribution in [0.25, 0.3) is 0 Å². The number of carbonyl (C=O) groups excluding carboxylic acids is 1. The molecule has 24 heavy (non-hydrogen) atoms. The number of benzene rings is 2. The maximum atomic E-state index is 12.4. The van der Waals surface area contributed by atoms with Crippen molar-refractivity contribution in [1.82, 2.24) is 5.43 Å². The standard InChI is InChI=1S/C18H19BrN2O3/c1-12(2)24-17-9-8-14(19)10-15(17)18(22)21-20-11-13-6-4-5-7-16(13)23-3/h4-12H,1-3H3,(H,21,22)/b20-11-. The van der Waals surface area contributed by atoms with Crippen molar-refractivity contribution < 1.29 is 14.3 Å². The Morgan fingerprint density at radius 3 is 2.67 bits per heavy atom. The van der Waals surface area contributed by atoms with E-state index in [4.69, 9.17) is 9.47 Å². The summed E-state index contributed by atoms with van der Waals surface area (Å²) >= 11 is 3.36. The molecule has 0 saturated heterocycles. The van der Waals surface area contributed by atoms with Crippen LogP contribution in [0.2, 0.25) is 0 Å². The van der Waals surface area contributed by atoms with Crippen LogP contribution in [0.1, 0.15) is 29.8 Å². The molecule has 0 unspecified atom stereocenters. The maximum Gasteiger partial charge on any atom is 0.275 e. The third-order valence-corrected chi connectivity index (χ3v) is 3.55. The van der Waals surface area contributed by atoms with Crippen LogP contribution < -0.4 is 14.9 Å². The van der Waals surface area contributed by atoms with Gasteiger partial charge in [0.05, 0.1) is 25.0 Å². The molecule has 0 atom stereocenters. The second-order valence-corrected chi connectivity index (χ2v) is 6.16. The van der Waals surface area contributed by atoms with Crippen molar-refractivity contribution >= 4 is 28.1 Å². The highest BCUT2D eigenvalue weighted by atomic mass is 79.9. The number of nitrogens with one attached hydrogen (secondary N) is 1. The van der Waals surface area contributed by atoms with Crippen LogP contribution in [0.5, 0.6) is 11.5 Å². The second kappa shape index (κ2) is 8.49. The smallest absolute Gasteiger partial charge is 0.275 e. The summed E-state index contributed by atoms with van der Waals surface area (Å²) in [4.78, 5) is 12.4. The number of rotatable bonds is 6. The molecule has 0 radical (unpaired) electrons. The fourth-order valence-electron chi connectivity index (χ4n) is 2.03. The van der Waals surface area contributed by atoms with Gasteiger partial charge in [-0.1, -0.05) is 28.1 Å². The Balaban J connectivity index is 2.15. The van der Waals surface area contributed by atoms with Gasteiger partial charge in [0.25, 0.3) is 5.91 Å². The molecular weight excluding hydrogens is 372 g/mol. The predicted molar refractivity (Wildman–Crippen MR) is 98.0 cm³/mol. The Morgan fingerprint density at radius 1 is 1.21 bits per heavy atom. The molecule has 2 rings (SSSR count). The average molecular weight is 391 g/mol. The predicted octanol–water partition coefficient (Wildman–Crippen LogP) is 4.01. The lowest BCUT2D eigenvalue weighted by Crippen LogP contribution is -2.20. The molecule has 1 amide bonds. The van der Waals surface area contributed by atoms with Crippen molar-refractivity contribution in [3.63, 3.8) is 0 Å². The van der Waals surface area contributed by atoms with Crippen LogP contribution in [0.15, 0.2) is 52.0 Å². The zero-order chi connectivity index (χ0) is 17.5. The van der Waals surface area contributed by atoms with E-state index in [9.17, 15) is 4.79 Å². The van der Waals surface area contributed by atoms with E-state index in [1.165, 1.54) is 6.21 Å². The fourth-order valence-corrected chi connectivity index (χ4v) is 2.39. The summed E-state index contributed by atoms with van der Waals surface area (Å²) in [7, 11) is 1.59. The van der Waals surface area contributed by atoms with Gasteiger partial charge in [-0.15, -0.1) is 0 Å². The first kappa shape index (κ1) is 18.0. The number of halogens is 1. The molecule has 2 aromatic carbocycles. The molecule has 0 aromatic heterocycles. The van der Waals surface area contributed by atoms with Gasteiger partial charge in [-0.25, -0.2) is 5.43 Å². The zero-order valence-electron chi connectivity index (χ0n) is 13.7. The quantitative estimate of drug-likeness (QED) is 0.598. The monoisotopic (exact) mass is 390 g/mol. The highest BCUT2D eigenvalue weighted by Gasteiger charge is 2.14. The molecule has 6 heteroatoms. The third kappa shape index (κ3) is 4.83. The van der Waals surface area contributed by atoms with Crippen LogP contribution in [-0.2, 0) is 0 Å². The number of amides is 1. The largest absolute Gasteiger partial charge is 0.496 e. The van der Waals surface area contributed by atoms with E-state index in [0.29, 0.717) is 17.1 Å². The number of para-hydroxylation sites is 1. The Morgan fingerprint density at radius 2 is 1.96 bits per heavy atom. The fraction of sp³-hybridized carbons (Fsp3) is 0.222. The number of nitrogens with zero attached hydrogens (tertiary/aromatic N) is 1. The molecule has 0 aliphatic heterocycles. The van der Waals surface area contributed by atoms with E-state index in [2.05, 4.69) is 26.5 Å². The SMILES string of the molecule is COc1ccccc1/C=N\NC(=O)c1cc(Br)ccc1OC(C)C. The van der Waals surface area contributed by atoms with Crippen molar-refractivity contribution in [2.24, 2.45) is 5.10 Å². The van der Waals surface area contributed by atoms with E-state index in [0.717, 1.165) is 10.0 Å². The van der Waals surface area contributed by atoms with Crippen LogP contribution >= 0.6 is 15.9 Å². The first-order chi connectivity index (χ1) is 11.5. The summed E-state index contributed by atoms with van der Waals surface area (Å²) < 4.78 is 11.7. The van der Waals surface area contributed by atoms with Crippen molar-refractivity contribution in [3.05, 3.63) is 58.1 Å². The molecule has 0 heterocycles. The molecule has 2 aromatic rings. The molecule has 0 aliphatic rings. The number of carbonyl (C=O) groups is 1. The van der Waals surface area contributed by atoms with Gasteiger partial charge in [-0.3, -0.25) is 4.79 Å². The van der Waals surface area contributed by atoms with Crippen molar-refractivity contribution in [1.29, 1.82) is 0 Å². The van der Waals surface area contributed by atoms with Crippen LogP contribution in [-0.4, -0.2) is 25.3 Å². The minimum absolute atomic E-state index is 0.0326. The molecular formula is C18H19BrN2O3. The minimum Gasteiger partial charge on any atom is -0.496 e. The summed E-state index contributed by atoms with van der Waals surface area (Å²) in [6, 6.07) is 12.7. The minimum atomic E-state index is -0.349. The summed E-state index contributed by atoms with van der Waals surface area (Å²) in [6.45, 7) is 3.81. The van der Waals surface area contributed by atoms with E-state index in [1.807, 2.05) is 44.2 Å². The van der Waals surface area contributed by atoms with Gasteiger partial charge in [0.2, 0.25) is 0 Å². The maximum absolute atomic E-state index is 12.4. The van der Waals surface area contributed by atoms with Gasteiger partial charge in [0.15, 0.2) is 0 Å². The lowest BCUT2D eigenvalue weighted by Gasteiger charge is -2.13. The van der Waals surface area contributed by atoms with E-state index in [-0.39, 0.29) is 12.0 Å². The van der Waals surface area contributed by atoms with Gasteiger partial charge >= 0.3 is 0 Å². The van der Waals surface area contributed by atoms with Gasteiger partial charge in [0.1, 0.15) is 11.5 Å². The first-order valence-electron chi connectivity index (χ1n) is 7.44. The number of hydrogen-bond donors (Lipinski definition) is 1. The number of methoxy groups -OCH3 is 1. The summed E-state index contributed by atoms with van der Waals surface area (Å²) in [6.07, 6.45) is 1.51. The van der Waals surface area contributed by atoms with Gasteiger partial charge in [0, 0.05) is 10.0 Å². The zero-order valence-corrected chi connectivity index (χ0v) is 15.3. The molecule has 0 saturated carbocycles. The number of hydrazone groups is 1. The highest BCUT2D eigenvalue weighted by Crippen LogP contribution is 2.24. The molecule has 0 spiro atoms. The Kier molecular flexibility index (Phi) is 6.37. The normalized spacial score (nSPS) is 10.9. The Labute approximate surface area is 149 Å². The van der Waals surface area contributed by atoms with Crippen molar-refractivity contribution in [2.45, 2.75) is 20.0 Å². The topological polar surface area (TPSA) is 59.9 Å². The van der Waals surface area contributed by atoms with Crippen LogP contribution in [0.4, 0.5) is 0 Å².